The minimum absolute atomic E-state index is 0.284. The number of carboxylic acids is 1. The average Bonchev–Trinajstić information content (AvgIpc) is 3.44. The van der Waals surface area contributed by atoms with Crippen LogP contribution in [0.3, 0.4) is 0 Å². The Balaban J connectivity index is 1.36. The number of rotatable bonds is 5. The maximum atomic E-state index is 12.1. The quantitative estimate of drug-likeness (QED) is 0.633. The molecule has 0 radical (unpaired) electrons. The van der Waals surface area contributed by atoms with Gasteiger partial charge in [-0.05, 0) is 61.3 Å². The van der Waals surface area contributed by atoms with Crippen LogP contribution in [-0.4, -0.2) is 26.6 Å². The van der Waals surface area contributed by atoms with E-state index in [9.17, 15) is 9.90 Å². The topological polar surface area (TPSA) is 110 Å². The molecule has 0 amide bonds. The predicted molar refractivity (Wildman–Crippen MR) is 123 cm³/mol. The van der Waals surface area contributed by atoms with Gasteiger partial charge in [0.05, 0.1) is 11.3 Å². The Labute approximate surface area is 191 Å². The van der Waals surface area contributed by atoms with Crippen molar-refractivity contribution < 1.29 is 19.4 Å². The molecule has 6 rings (SSSR count). The Morgan fingerprint density at radius 1 is 1.21 bits per heavy atom. The second-order valence-electron chi connectivity index (χ2n) is 9.26. The van der Waals surface area contributed by atoms with Gasteiger partial charge in [-0.15, -0.1) is 0 Å². The molecule has 7 nitrogen and oxygen atoms in total. The first-order chi connectivity index (χ1) is 16.0. The van der Waals surface area contributed by atoms with Crippen molar-refractivity contribution in [2.45, 2.75) is 50.5 Å². The summed E-state index contributed by atoms with van der Waals surface area (Å²) in [5.41, 5.74) is 12.6. The van der Waals surface area contributed by atoms with Gasteiger partial charge in [0.15, 0.2) is 11.5 Å². The molecule has 3 heterocycles. The maximum Gasteiger partial charge on any atom is 0.337 e. The van der Waals surface area contributed by atoms with Gasteiger partial charge in [-0.1, -0.05) is 18.2 Å². The van der Waals surface area contributed by atoms with Crippen LogP contribution in [-0.2, 0) is 28.7 Å². The standard InChI is InChI=1S/C26H25N3O4/c27-26(8-9-26)11-20-23(25(30)31)17-7-6-16-12-28-19(10-18(16)24(17)29-20)22-14-32-13-21(33-22)15-4-2-1-3-5-15/h1-2,4,10,12-14,29H,3,5-9,11,27H2,(H,30,31). The number of aryl methyl sites for hydroxylation is 1. The third-order valence-corrected chi connectivity index (χ3v) is 6.87. The summed E-state index contributed by atoms with van der Waals surface area (Å²) in [4.78, 5) is 20.2. The number of allylic oxidation sites excluding steroid dienone is 4. The molecule has 0 spiro atoms. The van der Waals surface area contributed by atoms with E-state index in [0.717, 1.165) is 65.8 Å². The summed E-state index contributed by atoms with van der Waals surface area (Å²) in [6.07, 6.45) is 16.9. The van der Waals surface area contributed by atoms with Crippen LogP contribution in [0.4, 0.5) is 0 Å². The van der Waals surface area contributed by atoms with E-state index >= 15 is 0 Å². The number of aromatic amines is 1. The van der Waals surface area contributed by atoms with Gasteiger partial charge >= 0.3 is 5.97 Å². The van der Waals surface area contributed by atoms with Gasteiger partial charge in [0.1, 0.15) is 18.2 Å². The highest BCUT2D eigenvalue weighted by molar-refractivity contribution is 5.94. The number of hydrogen-bond acceptors (Lipinski definition) is 5. The lowest BCUT2D eigenvalue weighted by molar-refractivity contribution is 0.0694. The second-order valence-corrected chi connectivity index (χ2v) is 9.26. The van der Waals surface area contributed by atoms with Crippen LogP contribution in [0.25, 0.3) is 17.0 Å². The molecular formula is C26H25N3O4. The number of H-pyrrole nitrogens is 1. The Morgan fingerprint density at radius 2 is 2.06 bits per heavy atom. The second kappa shape index (κ2) is 7.49. The fourth-order valence-corrected chi connectivity index (χ4v) is 4.85. The number of nitrogens with one attached hydrogen (secondary N) is 1. The van der Waals surface area contributed by atoms with Crippen LogP contribution in [0.5, 0.6) is 0 Å². The van der Waals surface area contributed by atoms with E-state index in [1.807, 2.05) is 24.4 Å². The SMILES string of the molecule is NC1(Cc2[nH]c3c(c2C(=O)O)CCc2cnc(C4=COC=C(C5=CC=CCC5)O4)cc2-3)CC1. The molecular weight excluding hydrogens is 418 g/mol. The molecule has 3 aliphatic carbocycles. The monoisotopic (exact) mass is 443 g/mol. The Bertz CT molecular complexity index is 1290. The molecule has 0 bridgehead atoms. The van der Waals surface area contributed by atoms with Crippen LogP contribution in [0.1, 0.15) is 58.6 Å². The summed E-state index contributed by atoms with van der Waals surface area (Å²) >= 11 is 0. The predicted octanol–water partition coefficient (Wildman–Crippen LogP) is 4.37. The van der Waals surface area contributed by atoms with E-state index < -0.39 is 5.97 Å². The summed E-state index contributed by atoms with van der Waals surface area (Å²) in [5.74, 6) is 0.313. The molecule has 0 atom stereocenters. The van der Waals surface area contributed by atoms with E-state index in [0.29, 0.717) is 35.6 Å². The molecule has 168 valence electrons. The Hall–Kier alpha value is -3.58. The maximum absolute atomic E-state index is 12.1. The lowest BCUT2D eigenvalue weighted by Gasteiger charge is -2.21. The Kier molecular flexibility index (Phi) is 4.55. The van der Waals surface area contributed by atoms with Crippen LogP contribution in [0, 0.1) is 0 Å². The molecule has 1 aliphatic heterocycles. The van der Waals surface area contributed by atoms with Crippen molar-refractivity contribution in [1.29, 1.82) is 0 Å². The summed E-state index contributed by atoms with van der Waals surface area (Å²) < 4.78 is 11.7. The van der Waals surface area contributed by atoms with Gasteiger partial charge < -0.3 is 25.3 Å². The van der Waals surface area contributed by atoms with Crippen molar-refractivity contribution in [3.05, 3.63) is 82.4 Å². The molecule has 1 fully saturated rings. The van der Waals surface area contributed by atoms with Gasteiger partial charge in [0.25, 0.3) is 0 Å². The van der Waals surface area contributed by atoms with Crippen molar-refractivity contribution in [1.82, 2.24) is 9.97 Å². The van der Waals surface area contributed by atoms with Crippen molar-refractivity contribution in [3.8, 4) is 11.3 Å². The fraction of sp³-hybridized carbons (Fsp3) is 0.308. The first-order valence-electron chi connectivity index (χ1n) is 11.4. The van der Waals surface area contributed by atoms with Crippen molar-refractivity contribution >= 4 is 11.7 Å². The number of nitrogens with two attached hydrogens (primary N) is 1. The molecule has 2 aromatic rings. The third kappa shape index (κ3) is 3.58. The van der Waals surface area contributed by atoms with Gasteiger partial charge in [-0.2, -0.15) is 0 Å². The van der Waals surface area contributed by atoms with Crippen molar-refractivity contribution in [3.63, 3.8) is 0 Å². The highest BCUT2D eigenvalue weighted by atomic mass is 16.5. The minimum atomic E-state index is -0.902. The van der Waals surface area contributed by atoms with Gasteiger partial charge in [-0.3, -0.25) is 4.98 Å². The molecule has 33 heavy (non-hydrogen) atoms. The van der Waals surface area contributed by atoms with Crippen molar-refractivity contribution in [2.75, 3.05) is 0 Å². The molecule has 7 heteroatoms. The van der Waals surface area contributed by atoms with E-state index in [-0.39, 0.29) is 5.54 Å². The zero-order chi connectivity index (χ0) is 22.6. The van der Waals surface area contributed by atoms with Crippen LogP contribution in [0.2, 0.25) is 0 Å². The number of nitrogens with zero attached hydrogens (tertiary/aromatic N) is 1. The van der Waals surface area contributed by atoms with Gasteiger partial charge in [0.2, 0.25) is 0 Å². The highest BCUT2D eigenvalue weighted by Crippen LogP contribution is 2.41. The average molecular weight is 444 g/mol. The number of pyridine rings is 1. The lowest BCUT2D eigenvalue weighted by Crippen LogP contribution is -2.25. The summed E-state index contributed by atoms with van der Waals surface area (Å²) in [6, 6.07) is 1.96. The first kappa shape index (κ1) is 20.1. The van der Waals surface area contributed by atoms with Crippen molar-refractivity contribution in [2.24, 2.45) is 5.73 Å². The zero-order valence-corrected chi connectivity index (χ0v) is 18.2. The smallest absolute Gasteiger partial charge is 0.337 e. The summed E-state index contributed by atoms with van der Waals surface area (Å²) in [5, 5.41) is 9.95. The molecule has 4 aliphatic rings. The minimum Gasteiger partial charge on any atom is -0.478 e. The number of hydrogen-bond donors (Lipinski definition) is 3. The summed E-state index contributed by atoms with van der Waals surface area (Å²) in [7, 11) is 0. The number of fused-ring (bicyclic) bond motifs is 3. The van der Waals surface area contributed by atoms with E-state index in [1.165, 1.54) is 0 Å². The number of aromatic nitrogens is 2. The van der Waals surface area contributed by atoms with E-state index in [4.69, 9.17) is 15.2 Å². The Morgan fingerprint density at radius 3 is 2.82 bits per heavy atom. The third-order valence-electron chi connectivity index (χ3n) is 6.87. The van der Waals surface area contributed by atoms with Crippen LogP contribution >= 0.6 is 0 Å². The number of aromatic carboxylic acids is 1. The van der Waals surface area contributed by atoms with Gasteiger partial charge in [-0.25, -0.2) is 4.79 Å². The van der Waals surface area contributed by atoms with Gasteiger partial charge in [0, 0.05) is 29.4 Å². The largest absolute Gasteiger partial charge is 0.478 e. The van der Waals surface area contributed by atoms with E-state index in [2.05, 4.69) is 16.0 Å². The normalized spacial score (nSPS) is 19.8. The van der Waals surface area contributed by atoms with Crippen LogP contribution in [0.15, 0.2) is 54.3 Å². The molecule has 2 aromatic heterocycles. The fourth-order valence-electron chi connectivity index (χ4n) is 4.85. The highest BCUT2D eigenvalue weighted by Gasteiger charge is 2.40. The number of ether oxygens (including phenoxy) is 2. The summed E-state index contributed by atoms with van der Waals surface area (Å²) in [6.45, 7) is 0. The molecule has 0 aromatic carbocycles. The first-order valence-corrected chi connectivity index (χ1v) is 11.4. The van der Waals surface area contributed by atoms with E-state index in [1.54, 1.807) is 12.5 Å². The molecule has 1 saturated carbocycles. The zero-order valence-electron chi connectivity index (χ0n) is 18.2. The molecule has 4 N–H and O–H groups in total. The number of carbonyl (C=O) groups is 1. The van der Waals surface area contributed by atoms with Crippen LogP contribution < -0.4 is 5.73 Å². The lowest BCUT2D eigenvalue weighted by atomic mass is 9.88. The molecule has 0 unspecified atom stereocenters. The number of carboxylic acid groups (broad SMARTS) is 1. The molecule has 0 saturated heterocycles.